The van der Waals surface area contributed by atoms with E-state index in [0.717, 1.165) is 13.0 Å². The maximum Gasteiger partial charge on any atom is 0.272 e. The average Bonchev–Trinajstić information content (AvgIpc) is 2.81. The van der Waals surface area contributed by atoms with Gasteiger partial charge >= 0.3 is 0 Å². The highest BCUT2D eigenvalue weighted by atomic mass is 16.6. The molecule has 0 aromatic heterocycles. The van der Waals surface area contributed by atoms with Crippen molar-refractivity contribution in [2.24, 2.45) is 5.92 Å². The van der Waals surface area contributed by atoms with Crippen molar-refractivity contribution in [1.82, 2.24) is 5.32 Å². The molecule has 0 bridgehead atoms. The van der Waals surface area contributed by atoms with E-state index in [1.54, 1.807) is 19.1 Å². The third kappa shape index (κ3) is 2.65. The number of nitrogens with one attached hydrogen (secondary N) is 2. The first kappa shape index (κ1) is 12.5. The van der Waals surface area contributed by atoms with E-state index < -0.39 is 4.92 Å². The molecule has 1 fully saturated rings. The standard InChI is InChI=1S/C12H15N3O3/c1-8-6-10(2-3-11(8)15(17)18)14-12(16)9-4-5-13-7-9/h2-3,6,9,13H,4-5,7H2,1H3,(H,14,16). The minimum Gasteiger partial charge on any atom is -0.326 e. The second-order valence-corrected chi connectivity index (χ2v) is 4.44. The summed E-state index contributed by atoms with van der Waals surface area (Å²) < 4.78 is 0. The summed E-state index contributed by atoms with van der Waals surface area (Å²) in [7, 11) is 0. The van der Waals surface area contributed by atoms with Gasteiger partial charge in [0.05, 0.1) is 10.8 Å². The van der Waals surface area contributed by atoms with E-state index in [0.29, 0.717) is 17.8 Å². The lowest BCUT2D eigenvalue weighted by atomic mass is 10.1. The molecule has 1 aliphatic rings. The maximum atomic E-state index is 11.9. The zero-order chi connectivity index (χ0) is 13.1. The Labute approximate surface area is 105 Å². The molecule has 1 unspecified atom stereocenters. The quantitative estimate of drug-likeness (QED) is 0.627. The number of hydrogen-bond donors (Lipinski definition) is 2. The first-order valence-electron chi connectivity index (χ1n) is 5.84. The van der Waals surface area contributed by atoms with Crippen LogP contribution in [-0.2, 0) is 4.79 Å². The molecule has 0 spiro atoms. The monoisotopic (exact) mass is 249 g/mol. The summed E-state index contributed by atoms with van der Waals surface area (Å²) in [6.45, 7) is 3.21. The Kier molecular flexibility index (Phi) is 3.57. The largest absolute Gasteiger partial charge is 0.326 e. The van der Waals surface area contributed by atoms with Crippen molar-refractivity contribution in [1.29, 1.82) is 0 Å². The summed E-state index contributed by atoms with van der Waals surface area (Å²) in [5.74, 6) is -0.0475. The van der Waals surface area contributed by atoms with E-state index in [1.165, 1.54) is 6.07 Å². The van der Waals surface area contributed by atoms with Crippen LogP contribution in [-0.4, -0.2) is 23.9 Å². The lowest BCUT2D eigenvalue weighted by Crippen LogP contribution is -2.24. The first-order valence-corrected chi connectivity index (χ1v) is 5.84. The fourth-order valence-electron chi connectivity index (χ4n) is 2.06. The zero-order valence-electron chi connectivity index (χ0n) is 10.1. The van der Waals surface area contributed by atoms with Crippen molar-refractivity contribution < 1.29 is 9.72 Å². The number of nitro benzene ring substituents is 1. The number of aryl methyl sites for hydroxylation is 1. The third-order valence-corrected chi connectivity index (χ3v) is 3.09. The van der Waals surface area contributed by atoms with Crippen LogP contribution in [0.25, 0.3) is 0 Å². The summed E-state index contributed by atoms with van der Waals surface area (Å²) in [4.78, 5) is 22.1. The SMILES string of the molecule is Cc1cc(NC(=O)C2CCNC2)ccc1[N+](=O)[O-]. The minimum atomic E-state index is -0.429. The highest BCUT2D eigenvalue weighted by molar-refractivity contribution is 5.93. The summed E-state index contributed by atoms with van der Waals surface area (Å²) in [6.07, 6.45) is 0.831. The van der Waals surface area contributed by atoms with E-state index in [9.17, 15) is 14.9 Å². The van der Waals surface area contributed by atoms with Crippen LogP contribution < -0.4 is 10.6 Å². The van der Waals surface area contributed by atoms with Crippen LogP contribution in [0.5, 0.6) is 0 Å². The smallest absolute Gasteiger partial charge is 0.272 e. The molecule has 1 aromatic carbocycles. The van der Waals surface area contributed by atoms with E-state index in [2.05, 4.69) is 10.6 Å². The fourth-order valence-corrected chi connectivity index (χ4v) is 2.06. The number of carbonyl (C=O) groups is 1. The zero-order valence-corrected chi connectivity index (χ0v) is 10.1. The minimum absolute atomic E-state index is 0.0134. The van der Waals surface area contributed by atoms with Gasteiger partial charge in [-0.1, -0.05) is 0 Å². The third-order valence-electron chi connectivity index (χ3n) is 3.09. The van der Waals surface area contributed by atoms with Crippen LogP contribution in [0.1, 0.15) is 12.0 Å². The molecule has 1 atom stereocenters. The molecule has 1 heterocycles. The van der Waals surface area contributed by atoms with Crippen LogP contribution in [0.3, 0.4) is 0 Å². The summed E-state index contributed by atoms with van der Waals surface area (Å²) in [5.41, 5.74) is 1.22. The molecular formula is C12H15N3O3. The summed E-state index contributed by atoms with van der Waals surface area (Å²) >= 11 is 0. The van der Waals surface area contributed by atoms with Crippen molar-refractivity contribution >= 4 is 17.3 Å². The number of nitro groups is 1. The van der Waals surface area contributed by atoms with Gasteiger partial charge in [0.25, 0.3) is 5.69 Å². The molecule has 6 nitrogen and oxygen atoms in total. The van der Waals surface area contributed by atoms with Crippen LogP contribution in [0, 0.1) is 23.0 Å². The molecule has 1 aliphatic heterocycles. The highest BCUT2D eigenvalue weighted by Gasteiger charge is 2.22. The van der Waals surface area contributed by atoms with E-state index in [1.807, 2.05) is 0 Å². The van der Waals surface area contributed by atoms with Gasteiger partial charge in [-0.05, 0) is 32.0 Å². The molecule has 6 heteroatoms. The van der Waals surface area contributed by atoms with Gasteiger partial charge in [0, 0.05) is 23.9 Å². The molecule has 0 saturated carbocycles. The van der Waals surface area contributed by atoms with Gasteiger partial charge in [-0.3, -0.25) is 14.9 Å². The van der Waals surface area contributed by atoms with Gasteiger partial charge < -0.3 is 10.6 Å². The molecule has 1 saturated heterocycles. The van der Waals surface area contributed by atoms with Gasteiger partial charge in [-0.25, -0.2) is 0 Å². The number of hydrogen-bond acceptors (Lipinski definition) is 4. The number of rotatable bonds is 3. The molecule has 96 valence electrons. The number of anilines is 1. The molecule has 18 heavy (non-hydrogen) atoms. The van der Waals surface area contributed by atoms with Gasteiger partial charge in [0.1, 0.15) is 0 Å². The normalized spacial score (nSPS) is 18.6. The van der Waals surface area contributed by atoms with Gasteiger partial charge in [-0.2, -0.15) is 0 Å². The van der Waals surface area contributed by atoms with Crippen molar-refractivity contribution in [3.05, 3.63) is 33.9 Å². The molecular weight excluding hydrogens is 234 g/mol. The van der Waals surface area contributed by atoms with Crippen LogP contribution in [0.15, 0.2) is 18.2 Å². The van der Waals surface area contributed by atoms with Crippen molar-refractivity contribution in [3.63, 3.8) is 0 Å². The predicted molar refractivity (Wildman–Crippen MR) is 67.4 cm³/mol. The van der Waals surface area contributed by atoms with Gasteiger partial charge in [0.2, 0.25) is 5.91 Å². The Morgan fingerprint density at radius 1 is 1.56 bits per heavy atom. The van der Waals surface area contributed by atoms with Gasteiger partial charge in [0.15, 0.2) is 0 Å². The van der Waals surface area contributed by atoms with E-state index >= 15 is 0 Å². The second kappa shape index (κ2) is 5.14. The Morgan fingerprint density at radius 2 is 2.33 bits per heavy atom. The Hall–Kier alpha value is -1.95. The highest BCUT2D eigenvalue weighted by Crippen LogP contribution is 2.22. The molecule has 0 radical (unpaired) electrons. The number of carbonyl (C=O) groups excluding carboxylic acids is 1. The lowest BCUT2D eigenvalue weighted by molar-refractivity contribution is -0.385. The van der Waals surface area contributed by atoms with Crippen LogP contribution >= 0.6 is 0 Å². The first-order chi connectivity index (χ1) is 8.58. The topological polar surface area (TPSA) is 84.3 Å². The Bertz CT molecular complexity index is 481. The van der Waals surface area contributed by atoms with Crippen molar-refractivity contribution in [3.8, 4) is 0 Å². The predicted octanol–water partition coefficient (Wildman–Crippen LogP) is 1.45. The number of amides is 1. The van der Waals surface area contributed by atoms with Crippen molar-refractivity contribution in [2.45, 2.75) is 13.3 Å². The van der Waals surface area contributed by atoms with Crippen molar-refractivity contribution in [2.75, 3.05) is 18.4 Å². The van der Waals surface area contributed by atoms with Gasteiger partial charge in [-0.15, -0.1) is 0 Å². The molecule has 2 rings (SSSR count). The lowest BCUT2D eigenvalue weighted by Gasteiger charge is -2.10. The Morgan fingerprint density at radius 3 is 2.89 bits per heavy atom. The van der Waals surface area contributed by atoms with E-state index in [-0.39, 0.29) is 17.5 Å². The molecule has 1 aromatic rings. The molecule has 2 N–H and O–H groups in total. The number of nitrogens with zero attached hydrogens (tertiary/aromatic N) is 1. The second-order valence-electron chi connectivity index (χ2n) is 4.44. The maximum absolute atomic E-state index is 11.9. The summed E-state index contributed by atoms with van der Waals surface area (Å²) in [6, 6.07) is 4.60. The fraction of sp³-hybridized carbons (Fsp3) is 0.417. The van der Waals surface area contributed by atoms with Crippen LogP contribution in [0.4, 0.5) is 11.4 Å². The van der Waals surface area contributed by atoms with Crippen LogP contribution in [0.2, 0.25) is 0 Å². The average molecular weight is 249 g/mol. The molecule has 1 amide bonds. The summed E-state index contributed by atoms with van der Waals surface area (Å²) in [5, 5.41) is 16.6. The molecule has 0 aliphatic carbocycles. The number of benzene rings is 1. The van der Waals surface area contributed by atoms with E-state index in [4.69, 9.17) is 0 Å². The Balaban J connectivity index is 2.07.